The molecule has 3 fully saturated rings. The van der Waals surface area contributed by atoms with Crippen molar-refractivity contribution in [1.29, 1.82) is 0 Å². The lowest BCUT2D eigenvalue weighted by Crippen LogP contribution is -2.39. The van der Waals surface area contributed by atoms with Crippen LogP contribution in [0.4, 0.5) is 31.5 Å². The number of halogens is 2. The quantitative estimate of drug-likeness (QED) is 0.285. The third-order valence-corrected chi connectivity index (χ3v) is 11.3. The Morgan fingerprint density at radius 2 is 1.60 bits per heavy atom. The van der Waals surface area contributed by atoms with Crippen molar-refractivity contribution in [2.45, 2.75) is 70.8 Å². The van der Waals surface area contributed by atoms with Crippen LogP contribution in [0.5, 0.6) is 5.75 Å². The number of fused-ring (bicyclic) bond motifs is 1. The van der Waals surface area contributed by atoms with E-state index in [-0.39, 0.29) is 50.1 Å². The van der Waals surface area contributed by atoms with Crippen molar-refractivity contribution >= 4 is 44.6 Å². The number of nitrogens with one attached hydrogen (secondary N) is 2. The number of hydrogen-bond donors (Lipinski definition) is 3. The highest BCUT2D eigenvalue weighted by Gasteiger charge is 2.45. The van der Waals surface area contributed by atoms with Gasteiger partial charge in [-0.2, -0.15) is 0 Å². The molecule has 2 saturated heterocycles. The van der Waals surface area contributed by atoms with E-state index < -0.39 is 33.7 Å². The summed E-state index contributed by atoms with van der Waals surface area (Å²) in [5, 5.41) is 3.02. The summed E-state index contributed by atoms with van der Waals surface area (Å²) in [5.74, 6) is -3.63. The van der Waals surface area contributed by atoms with Gasteiger partial charge in [0.1, 0.15) is 24.2 Å². The molecule has 0 aromatic heterocycles. The average molecular weight is 690 g/mol. The van der Waals surface area contributed by atoms with Gasteiger partial charge in [-0.25, -0.2) is 17.2 Å². The molecule has 0 unspecified atom stereocenters. The maximum Gasteiger partial charge on any atom is 0.323 e. The van der Waals surface area contributed by atoms with E-state index in [1.165, 1.54) is 12.8 Å². The first kappa shape index (κ1) is 34.2. The van der Waals surface area contributed by atoms with Crippen molar-refractivity contribution in [2.75, 3.05) is 65.0 Å². The van der Waals surface area contributed by atoms with E-state index in [1.54, 1.807) is 38.1 Å². The predicted molar refractivity (Wildman–Crippen MR) is 181 cm³/mol. The van der Waals surface area contributed by atoms with Crippen LogP contribution in [0.2, 0.25) is 0 Å². The first-order chi connectivity index (χ1) is 22.7. The van der Waals surface area contributed by atoms with Gasteiger partial charge in [-0.1, -0.05) is 13.8 Å². The number of benzene rings is 2. The van der Waals surface area contributed by atoms with Gasteiger partial charge < -0.3 is 30.3 Å². The molecule has 2 aromatic rings. The number of anilines is 4. The highest BCUT2D eigenvalue weighted by atomic mass is 32.2. The fourth-order valence-electron chi connectivity index (χ4n) is 6.67. The molecule has 2 aromatic carbocycles. The van der Waals surface area contributed by atoms with Crippen LogP contribution in [-0.4, -0.2) is 77.4 Å². The number of carbonyl (C=O) groups excluding carboxylic acids is 2. The number of rotatable bonds is 11. The van der Waals surface area contributed by atoms with E-state index in [4.69, 9.17) is 15.2 Å². The topological polar surface area (TPSA) is 143 Å². The molecule has 1 saturated carbocycles. The summed E-state index contributed by atoms with van der Waals surface area (Å²) >= 11 is 0. The zero-order chi connectivity index (χ0) is 34.3. The van der Waals surface area contributed by atoms with E-state index in [2.05, 4.69) is 14.9 Å². The fourth-order valence-corrected chi connectivity index (χ4v) is 7.56. The molecule has 1 aliphatic carbocycles. The lowest BCUT2D eigenvalue weighted by atomic mass is 9.93. The second kappa shape index (κ2) is 13.3. The van der Waals surface area contributed by atoms with Crippen molar-refractivity contribution in [3.05, 3.63) is 41.5 Å². The maximum atomic E-state index is 13.9. The molecule has 14 heteroatoms. The fraction of sp³-hybridized carbons (Fsp3) is 0.588. The number of hydrogen-bond acceptors (Lipinski definition) is 9. The van der Waals surface area contributed by atoms with E-state index in [1.807, 2.05) is 11.0 Å². The molecule has 3 heterocycles. The normalized spacial score (nSPS) is 20.2. The van der Waals surface area contributed by atoms with Crippen molar-refractivity contribution in [3.8, 4) is 5.75 Å². The maximum absolute atomic E-state index is 13.9. The highest BCUT2D eigenvalue weighted by Crippen LogP contribution is 2.54. The molecular weight excluding hydrogens is 644 g/mol. The molecule has 262 valence electrons. The first-order valence-electron chi connectivity index (χ1n) is 16.8. The van der Waals surface area contributed by atoms with Crippen molar-refractivity contribution in [3.63, 3.8) is 0 Å². The van der Waals surface area contributed by atoms with Crippen LogP contribution in [0.25, 0.3) is 0 Å². The number of nitrogens with two attached hydrogens (primary N) is 1. The third-order valence-electron chi connectivity index (χ3n) is 10.1. The lowest BCUT2D eigenvalue weighted by molar-refractivity contribution is -0.145. The molecular formula is C34H45F2N5O6S. The number of esters is 1. The van der Waals surface area contributed by atoms with Crippen LogP contribution in [0.1, 0.15) is 68.3 Å². The molecule has 0 bridgehead atoms. The number of amides is 1. The molecule has 1 atom stereocenters. The first-order valence-corrected chi connectivity index (χ1v) is 18.4. The Kier molecular flexibility index (Phi) is 9.51. The van der Waals surface area contributed by atoms with Crippen LogP contribution in [0, 0.1) is 11.3 Å². The molecule has 3 aliphatic heterocycles. The van der Waals surface area contributed by atoms with Gasteiger partial charge in [-0.15, -0.1) is 0 Å². The second-order valence-electron chi connectivity index (χ2n) is 14.0. The zero-order valence-electron chi connectivity index (χ0n) is 27.5. The highest BCUT2D eigenvalue weighted by molar-refractivity contribution is 7.92. The summed E-state index contributed by atoms with van der Waals surface area (Å²) in [7, 11) is -3.89. The van der Waals surface area contributed by atoms with Gasteiger partial charge >= 0.3 is 5.97 Å². The summed E-state index contributed by atoms with van der Waals surface area (Å²) in [5.41, 5.74) is 9.61. The molecule has 6 rings (SSSR count). The zero-order valence-corrected chi connectivity index (χ0v) is 28.3. The summed E-state index contributed by atoms with van der Waals surface area (Å²) in [6, 6.07) is 7.63. The third kappa shape index (κ3) is 7.80. The summed E-state index contributed by atoms with van der Waals surface area (Å²) < 4.78 is 67.2. The standard InChI is InChI=1S/C34H45F2N5O6S/c1-22(2)29(37)32(43)47-17-18-48(44,45)39-24-3-4-26(27(20-24)40-12-8-33(6-7-33)9-13-40)31(42)38-25-19-23-5-16-46-30(23)28(21-25)41-14-10-34(35,36)11-15-41/h3-4,19-22,29,39H,5-18,37H2,1-2H3,(H,38,42)/t29-/m0/s1. The van der Waals surface area contributed by atoms with E-state index >= 15 is 0 Å². The van der Waals surface area contributed by atoms with Gasteiger partial charge in [0.2, 0.25) is 10.0 Å². The Balaban J connectivity index is 1.20. The monoisotopic (exact) mass is 689 g/mol. The Morgan fingerprint density at radius 3 is 2.27 bits per heavy atom. The Hall–Kier alpha value is -3.65. The number of carbonyl (C=O) groups is 2. The van der Waals surface area contributed by atoms with Crippen molar-refractivity contribution < 1.29 is 36.3 Å². The molecule has 4 aliphatic rings. The van der Waals surface area contributed by atoms with Crippen LogP contribution < -0.4 is 30.3 Å². The Morgan fingerprint density at radius 1 is 0.958 bits per heavy atom. The molecule has 1 spiro atoms. The lowest BCUT2D eigenvalue weighted by Gasteiger charge is -2.35. The van der Waals surface area contributed by atoms with Gasteiger partial charge in [0.15, 0.2) is 0 Å². The molecule has 11 nitrogen and oxygen atoms in total. The molecule has 0 radical (unpaired) electrons. The summed E-state index contributed by atoms with van der Waals surface area (Å²) in [6.45, 7) is 5.54. The van der Waals surface area contributed by atoms with Gasteiger partial charge in [0.25, 0.3) is 11.8 Å². The minimum absolute atomic E-state index is 0.143. The van der Waals surface area contributed by atoms with Crippen LogP contribution in [0.3, 0.4) is 0 Å². The smallest absolute Gasteiger partial charge is 0.323 e. The number of ether oxygens (including phenoxy) is 2. The van der Waals surface area contributed by atoms with E-state index in [9.17, 15) is 26.8 Å². The van der Waals surface area contributed by atoms with Crippen LogP contribution >= 0.6 is 0 Å². The Bertz CT molecular complexity index is 1650. The van der Waals surface area contributed by atoms with E-state index in [0.29, 0.717) is 46.8 Å². The molecule has 4 N–H and O–H groups in total. The van der Waals surface area contributed by atoms with Gasteiger partial charge in [-0.3, -0.25) is 14.3 Å². The van der Waals surface area contributed by atoms with E-state index in [0.717, 1.165) is 31.5 Å². The molecule has 48 heavy (non-hydrogen) atoms. The molecule has 1 amide bonds. The number of piperidine rings is 2. The summed E-state index contributed by atoms with van der Waals surface area (Å²) in [6.07, 6.45) is 4.57. The summed E-state index contributed by atoms with van der Waals surface area (Å²) in [4.78, 5) is 30.0. The largest absolute Gasteiger partial charge is 0.491 e. The van der Waals surface area contributed by atoms with Crippen LogP contribution in [-0.2, 0) is 26.0 Å². The average Bonchev–Trinajstić information content (AvgIpc) is 3.61. The minimum atomic E-state index is -3.89. The van der Waals surface area contributed by atoms with Crippen LogP contribution in [0.15, 0.2) is 30.3 Å². The second-order valence-corrected chi connectivity index (χ2v) is 15.8. The van der Waals surface area contributed by atoms with Gasteiger partial charge in [0.05, 0.1) is 29.2 Å². The van der Waals surface area contributed by atoms with Crippen molar-refractivity contribution in [2.24, 2.45) is 17.1 Å². The number of sulfonamides is 1. The van der Waals surface area contributed by atoms with Gasteiger partial charge in [-0.05, 0) is 67.3 Å². The van der Waals surface area contributed by atoms with Gasteiger partial charge in [0, 0.05) is 56.7 Å². The predicted octanol–water partition coefficient (Wildman–Crippen LogP) is 4.76. The SMILES string of the molecule is CC(C)[C@H](N)C(=O)OCCS(=O)(=O)Nc1ccc(C(=O)Nc2cc3c(c(N4CCC(F)(F)CC4)c2)OCC3)c(N2CCC3(CC2)CC3)c1. The van der Waals surface area contributed by atoms with Crippen molar-refractivity contribution in [1.82, 2.24) is 0 Å². The number of alkyl halides is 2. The number of nitrogens with zero attached hydrogens (tertiary/aromatic N) is 2. The Labute approximate surface area is 280 Å². The minimum Gasteiger partial charge on any atom is -0.491 e.